The van der Waals surface area contributed by atoms with Crippen LogP contribution < -0.4 is 5.32 Å². The second kappa shape index (κ2) is 11.8. The Morgan fingerprint density at radius 2 is 1.62 bits per heavy atom. The summed E-state index contributed by atoms with van der Waals surface area (Å²) >= 11 is 0. The first kappa shape index (κ1) is 27.3. The molecule has 40 heavy (non-hydrogen) atoms. The molecule has 0 unspecified atom stereocenters. The Balaban J connectivity index is 1.47. The number of amides is 1. The zero-order valence-electron chi connectivity index (χ0n) is 22.3. The van der Waals surface area contributed by atoms with Crippen molar-refractivity contribution in [2.45, 2.75) is 11.8 Å². The highest BCUT2D eigenvalue weighted by Crippen LogP contribution is 2.27. The van der Waals surface area contributed by atoms with Crippen LogP contribution in [0.3, 0.4) is 0 Å². The lowest BCUT2D eigenvalue weighted by molar-refractivity contribution is -0.116. The Bertz CT molecular complexity index is 1730. The maximum Gasteiger partial charge on any atom is 0.244 e. The molecule has 0 fully saturated rings. The zero-order chi connectivity index (χ0) is 28.1. The summed E-state index contributed by atoms with van der Waals surface area (Å²) in [5.74, 6) is -0.0604. The van der Waals surface area contributed by atoms with Crippen LogP contribution in [-0.2, 0) is 19.6 Å². The van der Waals surface area contributed by atoms with Crippen LogP contribution >= 0.6 is 0 Å². The van der Waals surface area contributed by atoms with Crippen LogP contribution in [0.25, 0.3) is 27.7 Å². The van der Waals surface area contributed by atoms with E-state index in [0.717, 1.165) is 26.5 Å². The fourth-order valence-electron chi connectivity index (χ4n) is 4.48. The molecular formula is C31H30N4O4S. The second-order valence-electron chi connectivity index (χ2n) is 9.39. The van der Waals surface area contributed by atoms with Crippen molar-refractivity contribution in [3.05, 3.63) is 109 Å². The summed E-state index contributed by atoms with van der Waals surface area (Å²) in [5, 5.41) is 9.04. The molecule has 0 atom stereocenters. The van der Waals surface area contributed by atoms with Crippen LogP contribution in [0.15, 0.2) is 108 Å². The van der Waals surface area contributed by atoms with Gasteiger partial charge in [0, 0.05) is 30.7 Å². The molecule has 0 aliphatic carbocycles. The van der Waals surface area contributed by atoms with Crippen molar-refractivity contribution in [1.82, 2.24) is 14.1 Å². The monoisotopic (exact) mass is 554 g/mol. The van der Waals surface area contributed by atoms with E-state index in [1.54, 1.807) is 35.0 Å². The molecule has 1 heterocycles. The summed E-state index contributed by atoms with van der Waals surface area (Å²) in [7, 11) is -2.53. The van der Waals surface area contributed by atoms with Crippen LogP contribution in [-0.4, -0.2) is 55.2 Å². The first-order valence-electron chi connectivity index (χ1n) is 12.9. The van der Waals surface area contributed by atoms with E-state index in [9.17, 15) is 13.2 Å². The van der Waals surface area contributed by atoms with Gasteiger partial charge in [0.15, 0.2) is 0 Å². The van der Waals surface area contributed by atoms with Gasteiger partial charge in [0.25, 0.3) is 0 Å². The van der Waals surface area contributed by atoms with Crippen molar-refractivity contribution in [3.8, 4) is 16.9 Å². The number of ether oxygens (including phenoxy) is 1. The molecule has 0 saturated heterocycles. The SMILES string of the molecule is COCCN(CC(=O)Nc1cc(-c2ccccc2)nn1-c1ccc(C)cc1)S(=O)(=O)c1cccc2ccccc12. The zero-order valence-corrected chi connectivity index (χ0v) is 23.1. The standard InChI is InChI=1S/C31H30N4O4S/c1-23-15-17-26(18-16-23)35-30(21-28(33-35)25-10-4-3-5-11-25)32-31(36)22-34(19-20-39-2)40(37,38)29-14-8-12-24-9-6-7-13-27(24)29/h3-18,21H,19-20,22H2,1-2H3,(H,32,36). The Labute approximate surface area is 233 Å². The van der Waals surface area contributed by atoms with Gasteiger partial charge in [-0.05, 0) is 30.5 Å². The molecule has 0 spiro atoms. The number of benzene rings is 4. The predicted octanol–water partition coefficient (Wildman–Crippen LogP) is 5.28. The minimum absolute atomic E-state index is 0.0158. The summed E-state index contributed by atoms with van der Waals surface area (Å²) in [5.41, 5.74) is 3.43. The van der Waals surface area contributed by atoms with Crippen molar-refractivity contribution >= 4 is 32.5 Å². The molecule has 0 saturated carbocycles. The third kappa shape index (κ3) is 5.81. The number of carbonyl (C=O) groups is 1. The van der Waals surface area contributed by atoms with Gasteiger partial charge in [-0.2, -0.15) is 9.40 Å². The van der Waals surface area contributed by atoms with E-state index in [4.69, 9.17) is 9.84 Å². The van der Waals surface area contributed by atoms with Crippen LogP contribution in [0.5, 0.6) is 0 Å². The van der Waals surface area contributed by atoms with E-state index in [1.165, 1.54) is 7.11 Å². The molecule has 9 heteroatoms. The van der Waals surface area contributed by atoms with Crippen molar-refractivity contribution in [2.75, 3.05) is 32.1 Å². The first-order chi connectivity index (χ1) is 19.4. The van der Waals surface area contributed by atoms with E-state index in [2.05, 4.69) is 5.32 Å². The van der Waals surface area contributed by atoms with Gasteiger partial charge in [-0.1, -0.05) is 84.4 Å². The summed E-state index contributed by atoms with van der Waals surface area (Å²) in [6.45, 7) is 1.75. The number of hydrogen-bond donors (Lipinski definition) is 1. The highest BCUT2D eigenvalue weighted by atomic mass is 32.2. The van der Waals surface area contributed by atoms with Crippen LogP contribution in [0.4, 0.5) is 5.82 Å². The van der Waals surface area contributed by atoms with E-state index < -0.39 is 22.5 Å². The molecule has 5 aromatic rings. The number of rotatable bonds is 10. The van der Waals surface area contributed by atoms with Crippen molar-refractivity contribution in [1.29, 1.82) is 0 Å². The molecule has 0 aliphatic rings. The number of nitrogens with one attached hydrogen (secondary N) is 1. The number of fused-ring (bicyclic) bond motifs is 1. The van der Waals surface area contributed by atoms with Crippen LogP contribution in [0.2, 0.25) is 0 Å². The van der Waals surface area contributed by atoms with Gasteiger partial charge in [0.2, 0.25) is 15.9 Å². The van der Waals surface area contributed by atoms with Gasteiger partial charge >= 0.3 is 0 Å². The average molecular weight is 555 g/mol. The smallest absolute Gasteiger partial charge is 0.244 e. The summed E-state index contributed by atoms with van der Waals surface area (Å²) in [6.07, 6.45) is 0. The van der Waals surface area contributed by atoms with Crippen molar-refractivity contribution in [2.24, 2.45) is 0 Å². The molecule has 0 bridgehead atoms. The third-order valence-corrected chi connectivity index (χ3v) is 8.46. The number of aromatic nitrogens is 2. The van der Waals surface area contributed by atoms with Crippen molar-refractivity contribution < 1.29 is 17.9 Å². The molecule has 0 aliphatic heterocycles. The highest BCUT2D eigenvalue weighted by molar-refractivity contribution is 7.89. The summed E-state index contributed by atoms with van der Waals surface area (Å²) < 4.78 is 35.6. The second-order valence-corrected chi connectivity index (χ2v) is 11.3. The minimum Gasteiger partial charge on any atom is -0.383 e. The van der Waals surface area contributed by atoms with Crippen LogP contribution in [0, 0.1) is 6.92 Å². The lowest BCUT2D eigenvalue weighted by Gasteiger charge is -2.22. The lowest BCUT2D eigenvalue weighted by Crippen LogP contribution is -2.40. The van der Waals surface area contributed by atoms with E-state index in [-0.39, 0.29) is 18.0 Å². The Hall–Kier alpha value is -4.31. The quantitative estimate of drug-likeness (QED) is 0.254. The number of nitrogens with zero attached hydrogens (tertiary/aromatic N) is 3. The van der Waals surface area contributed by atoms with E-state index >= 15 is 0 Å². The maximum absolute atomic E-state index is 13.8. The minimum atomic E-state index is -4.02. The number of sulfonamides is 1. The van der Waals surface area contributed by atoms with Gasteiger partial charge < -0.3 is 10.1 Å². The number of anilines is 1. The summed E-state index contributed by atoms with van der Waals surface area (Å²) in [6, 6.07) is 31.6. The lowest BCUT2D eigenvalue weighted by atomic mass is 10.1. The van der Waals surface area contributed by atoms with Gasteiger partial charge in [0.1, 0.15) is 5.82 Å². The van der Waals surface area contributed by atoms with Crippen molar-refractivity contribution in [3.63, 3.8) is 0 Å². The normalized spacial score (nSPS) is 11.7. The molecule has 4 aromatic carbocycles. The maximum atomic E-state index is 13.8. The molecule has 204 valence electrons. The molecule has 5 rings (SSSR count). The Morgan fingerprint density at radius 3 is 2.38 bits per heavy atom. The number of hydrogen-bond acceptors (Lipinski definition) is 5. The van der Waals surface area contributed by atoms with Crippen LogP contribution in [0.1, 0.15) is 5.56 Å². The molecular weight excluding hydrogens is 524 g/mol. The molecule has 0 radical (unpaired) electrons. The summed E-state index contributed by atoms with van der Waals surface area (Å²) in [4.78, 5) is 13.6. The van der Waals surface area contributed by atoms with Gasteiger partial charge in [-0.3, -0.25) is 4.79 Å². The van der Waals surface area contributed by atoms with Gasteiger partial charge in [0.05, 0.1) is 29.4 Å². The number of carbonyl (C=O) groups excluding carboxylic acids is 1. The Kier molecular flexibility index (Phi) is 8.06. The fraction of sp³-hybridized carbons (Fsp3) is 0.161. The van der Waals surface area contributed by atoms with E-state index in [1.807, 2.05) is 79.7 Å². The molecule has 1 aromatic heterocycles. The van der Waals surface area contributed by atoms with E-state index in [0.29, 0.717) is 16.9 Å². The number of aryl methyl sites for hydroxylation is 1. The number of methoxy groups -OCH3 is 1. The largest absolute Gasteiger partial charge is 0.383 e. The molecule has 1 amide bonds. The highest BCUT2D eigenvalue weighted by Gasteiger charge is 2.28. The van der Waals surface area contributed by atoms with Gasteiger partial charge in [-0.15, -0.1) is 0 Å². The predicted molar refractivity (Wildman–Crippen MR) is 157 cm³/mol. The first-order valence-corrected chi connectivity index (χ1v) is 14.3. The Morgan fingerprint density at radius 1 is 0.925 bits per heavy atom. The molecule has 8 nitrogen and oxygen atoms in total. The van der Waals surface area contributed by atoms with Gasteiger partial charge in [-0.25, -0.2) is 13.1 Å². The fourth-order valence-corrected chi connectivity index (χ4v) is 6.08. The topological polar surface area (TPSA) is 93.5 Å². The average Bonchev–Trinajstić information content (AvgIpc) is 3.39. The third-order valence-electron chi connectivity index (χ3n) is 6.56. The molecule has 1 N–H and O–H groups in total.